The lowest BCUT2D eigenvalue weighted by molar-refractivity contribution is -0.137. The summed E-state index contributed by atoms with van der Waals surface area (Å²) in [6.45, 7) is 0.134. The third-order valence-corrected chi connectivity index (χ3v) is 4.02. The molecule has 0 atom stereocenters. The second-order valence-corrected chi connectivity index (χ2v) is 5.41. The average Bonchev–Trinajstić information content (AvgIpc) is 2.97. The van der Waals surface area contributed by atoms with Gasteiger partial charge in [-0.2, -0.15) is 13.2 Å². The fourth-order valence-electron chi connectivity index (χ4n) is 3.01. The van der Waals surface area contributed by atoms with Crippen molar-refractivity contribution < 1.29 is 18.3 Å². The Kier molecular flexibility index (Phi) is 5.11. The van der Waals surface area contributed by atoms with Gasteiger partial charge in [-0.3, -0.25) is 0 Å². The summed E-state index contributed by atoms with van der Waals surface area (Å²) in [6.07, 6.45) is -0.637. The van der Waals surface area contributed by atoms with Crippen molar-refractivity contribution in [1.29, 1.82) is 0 Å². The van der Waals surface area contributed by atoms with Crippen LogP contribution in [0.3, 0.4) is 0 Å². The lowest BCUT2D eigenvalue weighted by Crippen LogP contribution is -2.37. The summed E-state index contributed by atoms with van der Waals surface area (Å²) >= 11 is 0. The van der Waals surface area contributed by atoms with Gasteiger partial charge in [0.1, 0.15) is 0 Å². The Morgan fingerprint density at radius 2 is 1.90 bits per heavy atom. The van der Waals surface area contributed by atoms with Crippen LogP contribution in [-0.2, 0) is 12.7 Å². The Bertz CT molecular complexity index is 470. The van der Waals surface area contributed by atoms with Gasteiger partial charge in [0.2, 0.25) is 0 Å². The van der Waals surface area contributed by atoms with Gasteiger partial charge in [-0.1, -0.05) is 18.9 Å². The number of nitrogens with zero attached hydrogens (tertiary/aromatic N) is 1. The van der Waals surface area contributed by atoms with E-state index in [-0.39, 0.29) is 31.4 Å². The molecule has 118 valence electrons. The van der Waals surface area contributed by atoms with Crippen LogP contribution in [-0.4, -0.2) is 24.3 Å². The van der Waals surface area contributed by atoms with Gasteiger partial charge in [0.05, 0.1) is 12.2 Å². The summed E-state index contributed by atoms with van der Waals surface area (Å²) in [7, 11) is 0. The molecule has 0 aromatic heterocycles. The molecule has 0 aliphatic heterocycles. The fraction of sp³-hybridized carbons (Fsp3) is 0.600. The summed E-state index contributed by atoms with van der Waals surface area (Å²) in [5.41, 5.74) is 5.40. The first kappa shape index (κ1) is 16.1. The van der Waals surface area contributed by atoms with Crippen molar-refractivity contribution in [3.8, 4) is 0 Å². The first-order chi connectivity index (χ1) is 9.97. The van der Waals surface area contributed by atoms with Crippen LogP contribution in [0, 0.1) is 0 Å². The van der Waals surface area contributed by atoms with E-state index >= 15 is 0 Å². The van der Waals surface area contributed by atoms with E-state index in [1.165, 1.54) is 6.07 Å². The topological polar surface area (TPSA) is 49.5 Å². The minimum atomic E-state index is -4.42. The molecule has 1 aromatic carbocycles. The van der Waals surface area contributed by atoms with Crippen LogP contribution in [0.15, 0.2) is 18.2 Å². The SMILES string of the molecule is NCc1ccc(N(CCO)C2CCCC2)c(C(F)(F)F)c1. The number of nitrogens with two attached hydrogens (primary N) is 1. The maximum Gasteiger partial charge on any atom is 0.418 e. The zero-order valence-electron chi connectivity index (χ0n) is 11.9. The number of aliphatic hydroxyl groups excluding tert-OH is 1. The van der Waals surface area contributed by atoms with E-state index in [1.54, 1.807) is 11.0 Å². The lowest BCUT2D eigenvalue weighted by Gasteiger charge is -2.33. The number of aliphatic hydroxyl groups is 1. The maximum absolute atomic E-state index is 13.3. The number of rotatable bonds is 5. The van der Waals surface area contributed by atoms with Crippen molar-refractivity contribution in [1.82, 2.24) is 0 Å². The number of hydrogen-bond donors (Lipinski definition) is 2. The number of hydrogen-bond acceptors (Lipinski definition) is 3. The highest BCUT2D eigenvalue weighted by atomic mass is 19.4. The number of alkyl halides is 3. The standard InChI is InChI=1S/C15H21F3N2O/c16-15(17,18)13-9-11(10-19)5-6-14(13)20(7-8-21)12-3-1-2-4-12/h5-6,9,12,21H,1-4,7-8,10,19H2. The Labute approximate surface area is 122 Å². The van der Waals surface area contributed by atoms with Crippen LogP contribution < -0.4 is 10.6 Å². The third-order valence-electron chi connectivity index (χ3n) is 4.02. The van der Waals surface area contributed by atoms with Crippen LogP contribution >= 0.6 is 0 Å². The van der Waals surface area contributed by atoms with Gasteiger partial charge in [-0.25, -0.2) is 0 Å². The van der Waals surface area contributed by atoms with Crippen LogP contribution in [0.25, 0.3) is 0 Å². The molecule has 1 aliphatic rings. The fourth-order valence-corrected chi connectivity index (χ4v) is 3.01. The number of anilines is 1. The summed E-state index contributed by atoms with van der Waals surface area (Å²) in [5, 5.41) is 9.21. The molecule has 0 spiro atoms. The van der Waals surface area contributed by atoms with E-state index < -0.39 is 11.7 Å². The molecule has 6 heteroatoms. The molecule has 0 radical (unpaired) electrons. The van der Waals surface area contributed by atoms with Gasteiger partial charge in [0, 0.05) is 24.8 Å². The molecule has 1 fully saturated rings. The second-order valence-electron chi connectivity index (χ2n) is 5.41. The predicted molar refractivity (Wildman–Crippen MR) is 76.0 cm³/mol. The van der Waals surface area contributed by atoms with E-state index in [0.29, 0.717) is 5.56 Å². The molecule has 3 nitrogen and oxygen atoms in total. The smallest absolute Gasteiger partial charge is 0.395 e. The number of benzene rings is 1. The molecular formula is C15H21F3N2O. The first-order valence-electron chi connectivity index (χ1n) is 7.25. The summed E-state index contributed by atoms with van der Waals surface area (Å²) < 4.78 is 40.0. The molecular weight excluding hydrogens is 281 g/mol. The van der Waals surface area contributed by atoms with Gasteiger partial charge in [-0.05, 0) is 30.5 Å². The molecule has 1 saturated carbocycles. The van der Waals surface area contributed by atoms with Crippen molar-refractivity contribution in [2.24, 2.45) is 5.73 Å². The van der Waals surface area contributed by atoms with Gasteiger partial charge in [-0.15, -0.1) is 0 Å². The van der Waals surface area contributed by atoms with E-state index in [9.17, 15) is 18.3 Å². The van der Waals surface area contributed by atoms with Gasteiger partial charge >= 0.3 is 6.18 Å². The quantitative estimate of drug-likeness (QED) is 0.879. The van der Waals surface area contributed by atoms with E-state index in [0.717, 1.165) is 31.7 Å². The van der Waals surface area contributed by atoms with Crippen LogP contribution in [0.2, 0.25) is 0 Å². The Balaban J connectivity index is 2.43. The van der Waals surface area contributed by atoms with Crippen LogP contribution in [0.5, 0.6) is 0 Å². The second kappa shape index (κ2) is 6.66. The Morgan fingerprint density at radius 3 is 2.43 bits per heavy atom. The average molecular weight is 302 g/mol. The van der Waals surface area contributed by atoms with E-state index in [4.69, 9.17) is 5.73 Å². The zero-order chi connectivity index (χ0) is 15.5. The van der Waals surface area contributed by atoms with Crippen molar-refractivity contribution in [3.63, 3.8) is 0 Å². The summed E-state index contributed by atoms with van der Waals surface area (Å²) in [5.74, 6) is 0. The van der Waals surface area contributed by atoms with Crippen molar-refractivity contribution in [2.45, 2.75) is 44.4 Å². The molecule has 0 bridgehead atoms. The van der Waals surface area contributed by atoms with Gasteiger partial charge < -0.3 is 15.7 Å². The zero-order valence-corrected chi connectivity index (χ0v) is 11.9. The lowest BCUT2D eigenvalue weighted by atomic mass is 10.0. The highest BCUT2D eigenvalue weighted by Crippen LogP contribution is 2.39. The molecule has 0 saturated heterocycles. The normalized spacial score (nSPS) is 16.4. The van der Waals surface area contributed by atoms with Gasteiger partial charge in [0.25, 0.3) is 0 Å². The van der Waals surface area contributed by atoms with E-state index in [1.807, 2.05) is 0 Å². The minimum absolute atomic E-state index is 0.0713. The first-order valence-corrected chi connectivity index (χ1v) is 7.25. The Hall–Kier alpha value is -1.27. The Morgan fingerprint density at radius 1 is 1.24 bits per heavy atom. The predicted octanol–water partition coefficient (Wildman–Crippen LogP) is 2.91. The summed E-state index contributed by atoms with van der Waals surface area (Å²) in [6, 6.07) is 4.30. The maximum atomic E-state index is 13.3. The van der Waals surface area contributed by atoms with Gasteiger partial charge in [0.15, 0.2) is 0 Å². The molecule has 2 rings (SSSR count). The largest absolute Gasteiger partial charge is 0.418 e. The molecule has 1 aromatic rings. The molecule has 21 heavy (non-hydrogen) atoms. The van der Waals surface area contributed by atoms with Crippen molar-refractivity contribution >= 4 is 5.69 Å². The monoisotopic (exact) mass is 302 g/mol. The highest BCUT2D eigenvalue weighted by molar-refractivity contribution is 5.57. The van der Waals surface area contributed by atoms with Crippen LogP contribution in [0.4, 0.5) is 18.9 Å². The van der Waals surface area contributed by atoms with Crippen molar-refractivity contribution in [3.05, 3.63) is 29.3 Å². The highest BCUT2D eigenvalue weighted by Gasteiger charge is 2.36. The molecule has 3 N–H and O–H groups in total. The van der Waals surface area contributed by atoms with Crippen molar-refractivity contribution in [2.75, 3.05) is 18.1 Å². The third kappa shape index (κ3) is 3.68. The molecule has 1 aliphatic carbocycles. The van der Waals surface area contributed by atoms with E-state index in [2.05, 4.69) is 0 Å². The summed E-state index contributed by atoms with van der Waals surface area (Å²) in [4.78, 5) is 1.70. The number of halogens is 3. The minimum Gasteiger partial charge on any atom is -0.395 e. The molecule has 0 heterocycles. The molecule has 0 unspecified atom stereocenters. The molecule has 0 amide bonds. The van der Waals surface area contributed by atoms with Crippen LogP contribution in [0.1, 0.15) is 36.8 Å².